The van der Waals surface area contributed by atoms with Crippen LogP contribution in [0.15, 0.2) is 22.8 Å². The number of piperidine rings is 1. The Kier molecular flexibility index (Phi) is 3.66. The molecule has 0 spiro atoms. The molecule has 1 aliphatic heterocycles. The lowest BCUT2D eigenvalue weighted by Crippen LogP contribution is -2.46. The lowest BCUT2D eigenvalue weighted by molar-refractivity contribution is 0.161. The predicted molar refractivity (Wildman–Crippen MR) is 65.4 cm³/mol. The summed E-state index contributed by atoms with van der Waals surface area (Å²) < 4.78 is 5.41. The summed E-state index contributed by atoms with van der Waals surface area (Å²) in [4.78, 5) is 2.43. The molecule has 3 nitrogen and oxygen atoms in total. The van der Waals surface area contributed by atoms with Gasteiger partial charge in [-0.05, 0) is 52.4 Å². The van der Waals surface area contributed by atoms with Crippen molar-refractivity contribution in [2.24, 2.45) is 0 Å². The van der Waals surface area contributed by atoms with E-state index in [4.69, 9.17) is 4.42 Å². The highest BCUT2D eigenvalue weighted by atomic mass is 16.3. The molecule has 0 saturated carbocycles. The molecule has 2 rings (SSSR count). The van der Waals surface area contributed by atoms with Crippen molar-refractivity contribution >= 4 is 0 Å². The molecular weight excluding hydrogens is 200 g/mol. The molecule has 1 fully saturated rings. The molecular formula is C13H22N2O. The zero-order valence-electron chi connectivity index (χ0n) is 10.4. The third-order valence-electron chi connectivity index (χ3n) is 3.66. The number of hydrogen-bond acceptors (Lipinski definition) is 3. The number of hydrogen-bond donors (Lipinski definition) is 1. The van der Waals surface area contributed by atoms with Crippen molar-refractivity contribution in [3.8, 4) is 0 Å². The third-order valence-corrected chi connectivity index (χ3v) is 3.66. The first kappa shape index (κ1) is 11.7. The van der Waals surface area contributed by atoms with E-state index in [1.165, 1.54) is 19.4 Å². The molecule has 1 aromatic heterocycles. The van der Waals surface area contributed by atoms with Gasteiger partial charge in [0.05, 0.1) is 12.3 Å². The van der Waals surface area contributed by atoms with Crippen LogP contribution in [0.4, 0.5) is 0 Å². The van der Waals surface area contributed by atoms with Crippen LogP contribution in [0.1, 0.15) is 38.5 Å². The second-order valence-electron chi connectivity index (χ2n) is 4.95. The second kappa shape index (κ2) is 5.02. The minimum absolute atomic E-state index is 0.315. The molecule has 90 valence electrons. The Bertz CT molecular complexity index is 310. The van der Waals surface area contributed by atoms with Crippen molar-refractivity contribution in [1.82, 2.24) is 10.2 Å². The van der Waals surface area contributed by atoms with Crippen molar-refractivity contribution in [2.45, 2.75) is 44.8 Å². The SMILES string of the molecule is CC1CC(N[C@H](C)c2ccco2)CCN1C. The molecule has 1 aliphatic rings. The zero-order valence-corrected chi connectivity index (χ0v) is 10.4. The summed E-state index contributed by atoms with van der Waals surface area (Å²) in [5.74, 6) is 1.03. The second-order valence-corrected chi connectivity index (χ2v) is 4.95. The van der Waals surface area contributed by atoms with Crippen LogP contribution in [0.5, 0.6) is 0 Å². The van der Waals surface area contributed by atoms with Gasteiger partial charge in [-0.2, -0.15) is 0 Å². The fourth-order valence-electron chi connectivity index (χ4n) is 2.41. The first-order chi connectivity index (χ1) is 7.66. The molecule has 16 heavy (non-hydrogen) atoms. The molecule has 1 N–H and O–H groups in total. The number of nitrogens with one attached hydrogen (secondary N) is 1. The van der Waals surface area contributed by atoms with E-state index in [2.05, 4.69) is 31.1 Å². The fraction of sp³-hybridized carbons (Fsp3) is 0.692. The smallest absolute Gasteiger partial charge is 0.120 e. The monoisotopic (exact) mass is 222 g/mol. The van der Waals surface area contributed by atoms with Gasteiger partial charge in [-0.3, -0.25) is 0 Å². The molecule has 3 atom stereocenters. The molecule has 2 unspecified atom stereocenters. The van der Waals surface area contributed by atoms with Crippen molar-refractivity contribution in [2.75, 3.05) is 13.6 Å². The van der Waals surface area contributed by atoms with E-state index >= 15 is 0 Å². The Balaban J connectivity index is 1.86. The highest BCUT2D eigenvalue weighted by Gasteiger charge is 2.24. The summed E-state index contributed by atoms with van der Waals surface area (Å²) >= 11 is 0. The average Bonchev–Trinajstić information content (AvgIpc) is 2.77. The Morgan fingerprint density at radius 2 is 2.38 bits per heavy atom. The first-order valence-electron chi connectivity index (χ1n) is 6.16. The zero-order chi connectivity index (χ0) is 11.5. The van der Waals surface area contributed by atoms with Gasteiger partial charge in [-0.1, -0.05) is 0 Å². The maximum absolute atomic E-state index is 5.41. The first-order valence-corrected chi connectivity index (χ1v) is 6.16. The highest BCUT2D eigenvalue weighted by molar-refractivity contribution is 5.03. The van der Waals surface area contributed by atoms with Gasteiger partial charge in [0.1, 0.15) is 5.76 Å². The average molecular weight is 222 g/mol. The Morgan fingerprint density at radius 3 is 3.00 bits per heavy atom. The van der Waals surface area contributed by atoms with Crippen molar-refractivity contribution < 1.29 is 4.42 Å². The summed E-state index contributed by atoms with van der Waals surface area (Å²) in [5.41, 5.74) is 0. The van der Waals surface area contributed by atoms with E-state index in [0.717, 1.165) is 5.76 Å². The van der Waals surface area contributed by atoms with Crippen molar-refractivity contribution in [1.29, 1.82) is 0 Å². The molecule has 0 bridgehead atoms. The normalized spacial score (nSPS) is 29.2. The van der Waals surface area contributed by atoms with E-state index in [1.54, 1.807) is 6.26 Å². The van der Waals surface area contributed by atoms with Crippen LogP contribution in [0.25, 0.3) is 0 Å². The number of nitrogens with zero attached hydrogens (tertiary/aromatic N) is 1. The van der Waals surface area contributed by atoms with Crippen LogP contribution in [0, 0.1) is 0 Å². The van der Waals surface area contributed by atoms with E-state index in [1.807, 2.05) is 12.1 Å². The molecule has 0 aromatic carbocycles. The van der Waals surface area contributed by atoms with Gasteiger partial charge in [0, 0.05) is 12.1 Å². The summed E-state index contributed by atoms with van der Waals surface area (Å²) in [6, 6.07) is 5.60. The number of furan rings is 1. The minimum Gasteiger partial charge on any atom is -0.468 e. The molecule has 1 aromatic rings. The maximum Gasteiger partial charge on any atom is 0.120 e. The van der Waals surface area contributed by atoms with E-state index in [0.29, 0.717) is 18.1 Å². The Labute approximate surface area is 97.8 Å². The lowest BCUT2D eigenvalue weighted by Gasteiger charge is -2.36. The largest absolute Gasteiger partial charge is 0.468 e. The van der Waals surface area contributed by atoms with Crippen LogP contribution >= 0.6 is 0 Å². The Hall–Kier alpha value is -0.800. The number of likely N-dealkylation sites (tertiary alicyclic amines) is 1. The third kappa shape index (κ3) is 2.66. The van der Waals surface area contributed by atoms with Gasteiger partial charge in [0.15, 0.2) is 0 Å². The van der Waals surface area contributed by atoms with E-state index in [9.17, 15) is 0 Å². The van der Waals surface area contributed by atoms with Gasteiger partial charge in [-0.25, -0.2) is 0 Å². The molecule has 1 saturated heterocycles. The fourth-order valence-corrected chi connectivity index (χ4v) is 2.41. The standard InChI is InChI=1S/C13H22N2O/c1-10-9-12(6-7-15(10)3)14-11(2)13-5-4-8-16-13/h4-5,8,10-12,14H,6-7,9H2,1-3H3/t10?,11-,12?/m1/s1. The van der Waals surface area contributed by atoms with Crippen LogP contribution in [0.2, 0.25) is 0 Å². The Morgan fingerprint density at radius 1 is 1.56 bits per heavy atom. The van der Waals surface area contributed by atoms with Crippen LogP contribution in [0.3, 0.4) is 0 Å². The van der Waals surface area contributed by atoms with Crippen LogP contribution in [-0.2, 0) is 0 Å². The van der Waals surface area contributed by atoms with E-state index in [-0.39, 0.29) is 0 Å². The molecule has 0 amide bonds. The minimum atomic E-state index is 0.315. The summed E-state index contributed by atoms with van der Waals surface area (Å²) in [5, 5.41) is 3.65. The molecule has 2 heterocycles. The quantitative estimate of drug-likeness (QED) is 0.851. The number of rotatable bonds is 3. The summed E-state index contributed by atoms with van der Waals surface area (Å²) in [7, 11) is 2.21. The summed E-state index contributed by atoms with van der Waals surface area (Å²) in [6.07, 6.45) is 4.19. The lowest BCUT2D eigenvalue weighted by atomic mass is 9.98. The van der Waals surface area contributed by atoms with Gasteiger partial charge < -0.3 is 14.6 Å². The van der Waals surface area contributed by atoms with Gasteiger partial charge in [0.25, 0.3) is 0 Å². The van der Waals surface area contributed by atoms with Gasteiger partial charge in [0.2, 0.25) is 0 Å². The van der Waals surface area contributed by atoms with Gasteiger partial charge in [-0.15, -0.1) is 0 Å². The van der Waals surface area contributed by atoms with Crippen molar-refractivity contribution in [3.63, 3.8) is 0 Å². The van der Waals surface area contributed by atoms with Gasteiger partial charge >= 0.3 is 0 Å². The van der Waals surface area contributed by atoms with E-state index < -0.39 is 0 Å². The highest BCUT2D eigenvalue weighted by Crippen LogP contribution is 2.20. The predicted octanol–water partition coefficient (Wildman–Crippen LogP) is 2.41. The van der Waals surface area contributed by atoms with Crippen LogP contribution in [-0.4, -0.2) is 30.6 Å². The van der Waals surface area contributed by atoms with Crippen molar-refractivity contribution in [3.05, 3.63) is 24.2 Å². The summed E-state index contributed by atoms with van der Waals surface area (Å²) in [6.45, 7) is 5.65. The molecule has 0 radical (unpaired) electrons. The topological polar surface area (TPSA) is 28.4 Å². The maximum atomic E-state index is 5.41. The molecule has 3 heteroatoms. The molecule has 0 aliphatic carbocycles. The van der Waals surface area contributed by atoms with Crippen LogP contribution < -0.4 is 5.32 Å².